The molecule has 2 fully saturated rings. The predicted octanol–water partition coefficient (Wildman–Crippen LogP) is 3.04. The highest BCUT2D eigenvalue weighted by molar-refractivity contribution is 7.13. The van der Waals surface area contributed by atoms with Gasteiger partial charge in [-0.1, -0.05) is 0 Å². The van der Waals surface area contributed by atoms with Crippen LogP contribution in [0.5, 0.6) is 0 Å². The van der Waals surface area contributed by atoms with E-state index in [4.69, 9.17) is 9.52 Å². The lowest BCUT2D eigenvalue weighted by atomic mass is 9.90. The molecule has 0 bridgehead atoms. The van der Waals surface area contributed by atoms with E-state index in [1.54, 1.807) is 10.3 Å². The number of piperidine rings is 1. The first-order valence-electron chi connectivity index (χ1n) is 8.03. The number of aryl methyl sites for hydroxylation is 1. The molecule has 2 aliphatic rings. The first-order chi connectivity index (χ1) is 11.5. The van der Waals surface area contributed by atoms with E-state index >= 15 is 0 Å². The zero-order chi connectivity index (χ0) is 16.9. The molecule has 1 saturated heterocycles. The molecule has 0 aromatic carbocycles. The summed E-state index contributed by atoms with van der Waals surface area (Å²) in [6.45, 7) is 3.08. The quantitative estimate of drug-likeness (QED) is 0.923. The molecular weight excluding hydrogens is 328 g/mol. The van der Waals surface area contributed by atoms with E-state index in [9.17, 15) is 9.59 Å². The van der Waals surface area contributed by atoms with Crippen LogP contribution in [0.4, 0.5) is 0 Å². The van der Waals surface area contributed by atoms with E-state index in [1.807, 2.05) is 19.1 Å². The number of carbonyl (C=O) groups is 2. The van der Waals surface area contributed by atoms with E-state index in [-0.39, 0.29) is 17.2 Å². The van der Waals surface area contributed by atoms with Gasteiger partial charge in [0.2, 0.25) is 0 Å². The molecule has 126 valence electrons. The number of carbonyl (C=O) groups excluding carboxylic acids is 1. The minimum Gasteiger partial charge on any atom is -0.481 e. The topological polar surface area (TPSA) is 83.6 Å². The fourth-order valence-electron chi connectivity index (χ4n) is 3.60. The Bertz CT molecular complexity index is 801. The van der Waals surface area contributed by atoms with Crippen LogP contribution in [0.3, 0.4) is 0 Å². The van der Waals surface area contributed by atoms with Crippen molar-refractivity contribution >= 4 is 23.2 Å². The molecule has 1 N–H and O–H groups in total. The van der Waals surface area contributed by atoms with Crippen LogP contribution in [0.1, 0.15) is 35.5 Å². The largest absolute Gasteiger partial charge is 0.481 e. The van der Waals surface area contributed by atoms with Crippen LogP contribution in [0.2, 0.25) is 0 Å². The summed E-state index contributed by atoms with van der Waals surface area (Å²) in [6.07, 6.45) is 2.29. The fourth-order valence-corrected chi connectivity index (χ4v) is 4.35. The van der Waals surface area contributed by atoms with Gasteiger partial charge in [-0.25, -0.2) is 4.98 Å². The highest BCUT2D eigenvalue weighted by atomic mass is 32.1. The second-order valence-corrected chi connectivity index (χ2v) is 7.56. The predicted molar refractivity (Wildman–Crippen MR) is 87.9 cm³/mol. The number of nitrogens with zero attached hydrogens (tertiary/aromatic N) is 2. The summed E-state index contributed by atoms with van der Waals surface area (Å²) in [5.41, 5.74) is 0.368. The lowest BCUT2D eigenvalue weighted by Gasteiger charge is -2.32. The number of carboxylic acid groups (broad SMARTS) is 1. The smallest absolute Gasteiger partial charge is 0.307 e. The van der Waals surface area contributed by atoms with Gasteiger partial charge in [0.1, 0.15) is 11.5 Å². The molecule has 2 aromatic rings. The van der Waals surface area contributed by atoms with Gasteiger partial charge in [-0.15, -0.1) is 11.3 Å². The Labute approximate surface area is 143 Å². The minimum atomic E-state index is -0.701. The maximum atomic E-state index is 12.6. The Hall–Kier alpha value is -2.15. The first-order valence-corrected chi connectivity index (χ1v) is 8.91. The maximum Gasteiger partial charge on any atom is 0.307 e. The standard InChI is InChI=1S/C17H18N2O4S/c1-10-2-3-13(23-10)14-18-12(9-24-14)15(20)19-6-4-17(5-7-19)8-11(17)16(21)22/h2-3,9,11H,4-8H2,1H3,(H,21,22). The zero-order valence-corrected chi connectivity index (χ0v) is 14.1. The van der Waals surface area contributed by atoms with Crippen LogP contribution in [-0.4, -0.2) is 40.0 Å². The Morgan fingerprint density at radius 2 is 2.12 bits per heavy atom. The first kappa shape index (κ1) is 15.4. The summed E-state index contributed by atoms with van der Waals surface area (Å²) in [5.74, 6) is 0.488. The van der Waals surface area contributed by atoms with E-state index in [1.165, 1.54) is 11.3 Å². The highest BCUT2D eigenvalue weighted by Gasteiger charge is 2.59. The molecule has 1 atom stereocenters. The number of thiazole rings is 1. The Morgan fingerprint density at radius 1 is 1.38 bits per heavy atom. The third-order valence-electron chi connectivity index (χ3n) is 5.21. The summed E-state index contributed by atoms with van der Waals surface area (Å²) in [6, 6.07) is 3.73. The molecule has 3 heterocycles. The van der Waals surface area contributed by atoms with E-state index in [0.717, 1.165) is 25.0 Å². The van der Waals surface area contributed by atoms with Crippen molar-refractivity contribution in [3.8, 4) is 10.8 Å². The number of hydrogen-bond acceptors (Lipinski definition) is 5. The van der Waals surface area contributed by atoms with Crippen molar-refractivity contribution in [2.75, 3.05) is 13.1 Å². The molecule has 24 heavy (non-hydrogen) atoms. The van der Waals surface area contributed by atoms with E-state index < -0.39 is 5.97 Å². The number of amides is 1. The summed E-state index contributed by atoms with van der Waals surface area (Å²) in [5, 5.41) is 11.6. The number of rotatable bonds is 3. The molecule has 4 rings (SSSR count). The Kier molecular flexibility index (Phi) is 3.49. The second-order valence-electron chi connectivity index (χ2n) is 6.70. The van der Waals surface area contributed by atoms with Crippen LogP contribution in [0.15, 0.2) is 21.9 Å². The summed E-state index contributed by atoms with van der Waals surface area (Å²) >= 11 is 1.39. The van der Waals surface area contributed by atoms with Crippen LogP contribution in [0.25, 0.3) is 10.8 Å². The number of hydrogen-bond donors (Lipinski definition) is 1. The molecule has 1 spiro atoms. The molecule has 6 nitrogen and oxygen atoms in total. The van der Waals surface area contributed by atoms with Crippen LogP contribution in [-0.2, 0) is 4.79 Å². The third-order valence-corrected chi connectivity index (χ3v) is 6.07. The molecule has 1 saturated carbocycles. The molecule has 1 aliphatic heterocycles. The Morgan fingerprint density at radius 3 is 2.71 bits per heavy atom. The lowest BCUT2D eigenvalue weighted by molar-refractivity contribution is -0.139. The average molecular weight is 346 g/mol. The Balaban J connectivity index is 1.42. The SMILES string of the molecule is Cc1ccc(-c2nc(C(=O)N3CCC4(CC3)CC4C(=O)O)cs2)o1. The maximum absolute atomic E-state index is 12.6. The molecule has 7 heteroatoms. The number of aliphatic carboxylic acids is 1. The van der Waals surface area contributed by atoms with E-state index in [0.29, 0.717) is 29.6 Å². The number of furan rings is 1. The van der Waals surface area contributed by atoms with Crippen LogP contribution in [0, 0.1) is 18.3 Å². The van der Waals surface area contributed by atoms with Crippen molar-refractivity contribution < 1.29 is 19.1 Å². The minimum absolute atomic E-state index is 0.0679. The van der Waals surface area contributed by atoms with Gasteiger partial charge in [-0.3, -0.25) is 9.59 Å². The van der Waals surface area contributed by atoms with Crippen molar-refractivity contribution in [2.45, 2.75) is 26.2 Å². The second kappa shape index (κ2) is 5.44. The third kappa shape index (κ3) is 2.53. The van der Waals surface area contributed by atoms with Gasteiger partial charge in [0, 0.05) is 18.5 Å². The van der Waals surface area contributed by atoms with Gasteiger partial charge in [-0.05, 0) is 43.7 Å². The summed E-state index contributed by atoms with van der Waals surface area (Å²) < 4.78 is 5.55. The van der Waals surface area contributed by atoms with Gasteiger partial charge < -0.3 is 14.4 Å². The molecule has 1 aliphatic carbocycles. The van der Waals surface area contributed by atoms with Crippen molar-refractivity contribution in [3.05, 3.63) is 29.0 Å². The van der Waals surface area contributed by atoms with Crippen molar-refractivity contribution in [2.24, 2.45) is 11.3 Å². The van der Waals surface area contributed by atoms with Crippen molar-refractivity contribution in [1.82, 2.24) is 9.88 Å². The molecular formula is C17H18N2O4S. The number of likely N-dealkylation sites (tertiary alicyclic amines) is 1. The average Bonchev–Trinajstić information content (AvgIpc) is 2.92. The van der Waals surface area contributed by atoms with Gasteiger partial charge in [-0.2, -0.15) is 0 Å². The zero-order valence-electron chi connectivity index (χ0n) is 13.3. The van der Waals surface area contributed by atoms with Crippen molar-refractivity contribution in [3.63, 3.8) is 0 Å². The molecule has 2 aromatic heterocycles. The van der Waals surface area contributed by atoms with E-state index in [2.05, 4.69) is 4.98 Å². The highest BCUT2D eigenvalue weighted by Crippen LogP contribution is 2.59. The van der Waals surface area contributed by atoms with Crippen LogP contribution >= 0.6 is 11.3 Å². The monoisotopic (exact) mass is 346 g/mol. The summed E-state index contributed by atoms with van der Waals surface area (Å²) in [4.78, 5) is 29.9. The molecule has 0 radical (unpaired) electrons. The van der Waals surface area contributed by atoms with Gasteiger partial charge in [0.15, 0.2) is 10.8 Å². The number of aromatic nitrogens is 1. The van der Waals surface area contributed by atoms with Crippen LogP contribution < -0.4 is 0 Å². The summed E-state index contributed by atoms with van der Waals surface area (Å²) in [7, 11) is 0. The van der Waals surface area contributed by atoms with Gasteiger partial charge >= 0.3 is 5.97 Å². The van der Waals surface area contributed by atoms with Crippen molar-refractivity contribution in [1.29, 1.82) is 0 Å². The lowest BCUT2D eigenvalue weighted by Crippen LogP contribution is -2.40. The molecule has 1 amide bonds. The van der Waals surface area contributed by atoms with Gasteiger partial charge in [0.25, 0.3) is 5.91 Å². The van der Waals surface area contributed by atoms with Gasteiger partial charge in [0.05, 0.1) is 5.92 Å². The fraction of sp³-hybridized carbons (Fsp3) is 0.471. The molecule has 1 unspecified atom stereocenters. The number of carboxylic acids is 1. The normalized spacial score (nSPS) is 21.9.